The molecule has 1 aromatic rings. The van der Waals surface area contributed by atoms with Crippen molar-refractivity contribution in [3.8, 4) is 0 Å². The van der Waals surface area contributed by atoms with Crippen LogP contribution in [0.4, 0.5) is 0 Å². The summed E-state index contributed by atoms with van der Waals surface area (Å²) >= 11 is 3.22. The lowest BCUT2D eigenvalue weighted by Gasteiger charge is -2.11. The van der Waals surface area contributed by atoms with Crippen molar-refractivity contribution in [2.24, 2.45) is 11.3 Å². The molecule has 1 saturated carbocycles. The lowest BCUT2D eigenvalue weighted by Crippen LogP contribution is -2.27. The molecule has 1 amide bonds. The summed E-state index contributed by atoms with van der Waals surface area (Å²) in [6.45, 7) is 6.50. The number of hydrogen-bond acceptors (Lipinski definition) is 3. The molecule has 2 rings (SSSR count). The lowest BCUT2D eigenvalue weighted by molar-refractivity contribution is 0.0949. The van der Waals surface area contributed by atoms with Gasteiger partial charge >= 0.3 is 0 Å². The van der Waals surface area contributed by atoms with Crippen LogP contribution in [0.25, 0.3) is 0 Å². The number of halogens is 2. The first-order valence-corrected chi connectivity index (χ1v) is 9.65. The van der Waals surface area contributed by atoms with Crippen LogP contribution in [-0.2, 0) is 9.05 Å². The molecule has 0 heterocycles. The predicted octanol–water partition coefficient (Wildman–Crippen LogP) is 3.46. The highest BCUT2D eigenvalue weighted by atomic mass is 79.9. The maximum absolute atomic E-state index is 12.3. The van der Waals surface area contributed by atoms with Gasteiger partial charge in [-0.2, -0.15) is 0 Å². The highest BCUT2D eigenvalue weighted by Gasteiger charge is 2.45. The summed E-state index contributed by atoms with van der Waals surface area (Å²) in [5, 5.41) is 2.87. The van der Waals surface area contributed by atoms with E-state index in [2.05, 4.69) is 35.1 Å². The summed E-state index contributed by atoms with van der Waals surface area (Å²) in [5.41, 5.74) is 0.965. The normalized spacial score (nSPS) is 20.1. The van der Waals surface area contributed by atoms with E-state index in [-0.39, 0.29) is 16.2 Å². The van der Waals surface area contributed by atoms with Crippen molar-refractivity contribution in [3.05, 3.63) is 27.7 Å². The molecule has 1 aromatic carbocycles. The van der Waals surface area contributed by atoms with Gasteiger partial charge in [-0.25, -0.2) is 8.42 Å². The van der Waals surface area contributed by atoms with E-state index in [9.17, 15) is 13.2 Å². The molecule has 1 atom stereocenters. The average molecular weight is 395 g/mol. The molecule has 7 heteroatoms. The predicted molar refractivity (Wildman–Crippen MR) is 86.1 cm³/mol. The maximum atomic E-state index is 12.3. The van der Waals surface area contributed by atoms with Crippen LogP contribution in [0.3, 0.4) is 0 Å². The van der Waals surface area contributed by atoms with Crippen LogP contribution in [0.5, 0.6) is 0 Å². The Balaban J connectivity index is 2.23. The highest BCUT2D eigenvalue weighted by Crippen LogP contribution is 2.51. The third-order valence-electron chi connectivity index (χ3n) is 4.06. The number of carbonyl (C=O) groups is 1. The minimum atomic E-state index is -3.89. The molecule has 0 radical (unpaired) electrons. The zero-order valence-electron chi connectivity index (χ0n) is 12.0. The molecule has 1 unspecified atom stereocenters. The number of amides is 1. The van der Waals surface area contributed by atoms with E-state index >= 15 is 0 Å². The van der Waals surface area contributed by atoms with Gasteiger partial charge in [0.1, 0.15) is 0 Å². The first-order chi connectivity index (χ1) is 9.52. The monoisotopic (exact) mass is 393 g/mol. The number of benzene rings is 1. The summed E-state index contributed by atoms with van der Waals surface area (Å²) < 4.78 is 23.6. The van der Waals surface area contributed by atoms with Gasteiger partial charge in [0.25, 0.3) is 15.0 Å². The fraction of sp³-hybridized carbons (Fsp3) is 0.500. The van der Waals surface area contributed by atoms with Gasteiger partial charge in [0.15, 0.2) is 0 Å². The average Bonchev–Trinajstić information content (AvgIpc) is 2.95. The molecular formula is C14H17BrClNO3S. The number of hydrogen-bond donors (Lipinski definition) is 1. The second kappa shape index (κ2) is 5.56. The minimum absolute atomic E-state index is 0.0459. The molecule has 1 fully saturated rings. The molecule has 1 aliphatic carbocycles. The molecule has 0 aromatic heterocycles. The molecule has 1 aliphatic rings. The summed E-state index contributed by atoms with van der Waals surface area (Å²) in [6.07, 6.45) is 1.09. The first-order valence-electron chi connectivity index (χ1n) is 6.55. The number of nitrogens with one attached hydrogen (secondary N) is 1. The van der Waals surface area contributed by atoms with E-state index in [1.165, 1.54) is 6.07 Å². The van der Waals surface area contributed by atoms with Gasteiger partial charge in [0, 0.05) is 27.3 Å². The third kappa shape index (κ3) is 3.79. The summed E-state index contributed by atoms with van der Waals surface area (Å²) in [6, 6.07) is 3.01. The summed E-state index contributed by atoms with van der Waals surface area (Å²) in [5.74, 6) is 0.197. The van der Waals surface area contributed by atoms with Crippen molar-refractivity contribution >= 4 is 41.6 Å². The van der Waals surface area contributed by atoms with Crippen LogP contribution in [0, 0.1) is 18.3 Å². The molecule has 0 spiro atoms. The molecule has 0 saturated heterocycles. The number of carbonyl (C=O) groups excluding carboxylic acids is 1. The second-order valence-corrected chi connectivity index (χ2v) is 9.56. The van der Waals surface area contributed by atoms with Crippen molar-refractivity contribution in [2.75, 3.05) is 6.54 Å². The largest absolute Gasteiger partial charge is 0.352 e. The minimum Gasteiger partial charge on any atom is -0.352 e. The Kier molecular flexibility index (Phi) is 4.44. The van der Waals surface area contributed by atoms with Gasteiger partial charge in [-0.3, -0.25) is 4.79 Å². The third-order valence-corrected chi connectivity index (χ3v) is 5.96. The lowest BCUT2D eigenvalue weighted by atomic mass is 10.1. The molecule has 1 N–H and O–H groups in total. The van der Waals surface area contributed by atoms with E-state index in [0.29, 0.717) is 28.1 Å². The van der Waals surface area contributed by atoms with Crippen LogP contribution in [0.1, 0.15) is 36.2 Å². The summed E-state index contributed by atoms with van der Waals surface area (Å²) in [7, 11) is 1.52. The molecule has 116 valence electrons. The number of rotatable bonds is 4. The molecule has 0 bridgehead atoms. The van der Waals surface area contributed by atoms with Crippen molar-refractivity contribution < 1.29 is 13.2 Å². The zero-order valence-corrected chi connectivity index (χ0v) is 15.2. The van der Waals surface area contributed by atoms with Gasteiger partial charge < -0.3 is 5.32 Å². The zero-order chi connectivity index (χ0) is 16.0. The molecule has 21 heavy (non-hydrogen) atoms. The Morgan fingerprint density at radius 3 is 2.52 bits per heavy atom. The van der Waals surface area contributed by atoms with Crippen molar-refractivity contribution in [1.29, 1.82) is 0 Å². The van der Waals surface area contributed by atoms with Crippen molar-refractivity contribution in [2.45, 2.75) is 32.1 Å². The molecular weight excluding hydrogens is 378 g/mol. The van der Waals surface area contributed by atoms with Crippen molar-refractivity contribution in [3.63, 3.8) is 0 Å². The Morgan fingerprint density at radius 2 is 2.05 bits per heavy atom. The van der Waals surface area contributed by atoms with Crippen LogP contribution in [0.2, 0.25) is 0 Å². The van der Waals surface area contributed by atoms with E-state index < -0.39 is 9.05 Å². The Labute approximate surface area is 137 Å². The standard InChI is InChI=1S/C14H17BrClNO3S/c1-8-11(4-10(15)5-12(8)21(16,19)20)13(18)17-7-9-6-14(9,2)3/h4-5,9H,6-7H2,1-3H3,(H,17,18). The quantitative estimate of drug-likeness (QED) is 0.795. The van der Waals surface area contributed by atoms with Crippen LogP contribution in [-0.4, -0.2) is 20.9 Å². The highest BCUT2D eigenvalue weighted by molar-refractivity contribution is 9.10. The SMILES string of the molecule is Cc1c(C(=O)NCC2CC2(C)C)cc(Br)cc1S(=O)(=O)Cl. The maximum Gasteiger partial charge on any atom is 0.261 e. The Hall–Kier alpha value is -0.590. The van der Waals surface area contributed by atoms with Crippen molar-refractivity contribution in [1.82, 2.24) is 5.32 Å². The van der Waals surface area contributed by atoms with E-state index in [0.717, 1.165) is 6.42 Å². The van der Waals surface area contributed by atoms with E-state index in [1.807, 2.05) is 0 Å². The Morgan fingerprint density at radius 1 is 1.48 bits per heavy atom. The second-order valence-electron chi connectivity index (χ2n) is 6.11. The van der Waals surface area contributed by atoms with E-state index in [1.54, 1.807) is 13.0 Å². The Bertz CT molecular complexity index is 700. The van der Waals surface area contributed by atoms with Gasteiger partial charge in [-0.05, 0) is 42.4 Å². The van der Waals surface area contributed by atoms with E-state index in [4.69, 9.17) is 10.7 Å². The topological polar surface area (TPSA) is 63.2 Å². The molecule has 0 aliphatic heterocycles. The van der Waals surface area contributed by atoms with Crippen LogP contribution in [0.15, 0.2) is 21.5 Å². The van der Waals surface area contributed by atoms with Gasteiger partial charge in [0.2, 0.25) is 0 Å². The smallest absolute Gasteiger partial charge is 0.261 e. The van der Waals surface area contributed by atoms with Gasteiger partial charge in [0.05, 0.1) is 4.90 Å². The fourth-order valence-electron chi connectivity index (χ4n) is 2.38. The van der Waals surface area contributed by atoms with Crippen LogP contribution >= 0.6 is 26.6 Å². The first kappa shape index (κ1) is 16.8. The van der Waals surface area contributed by atoms with Crippen LogP contribution < -0.4 is 5.32 Å². The van der Waals surface area contributed by atoms with Gasteiger partial charge in [-0.15, -0.1) is 0 Å². The molecule has 4 nitrogen and oxygen atoms in total. The van der Waals surface area contributed by atoms with Gasteiger partial charge in [-0.1, -0.05) is 29.8 Å². The summed E-state index contributed by atoms with van der Waals surface area (Å²) in [4.78, 5) is 12.2. The fourth-order valence-corrected chi connectivity index (χ4v) is 4.21.